The molecule has 1 amide bonds. The smallest absolute Gasteiger partial charge is 0.273 e. The highest BCUT2D eigenvalue weighted by Crippen LogP contribution is 2.05. The van der Waals surface area contributed by atoms with Gasteiger partial charge in [0.2, 0.25) is 0 Å². The molecular formula is C12H13N3OS. The molecule has 17 heavy (non-hydrogen) atoms. The Labute approximate surface area is 104 Å². The van der Waals surface area contributed by atoms with Gasteiger partial charge in [-0.3, -0.25) is 9.78 Å². The summed E-state index contributed by atoms with van der Waals surface area (Å²) in [7, 11) is 1.79. The van der Waals surface area contributed by atoms with Crippen LogP contribution in [0.4, 0.5) is 0 Å². The molecule has 5 heteroatoms. The highest BCUT2D eigenvalue weighted by atomic mass is 32.1. The molecule has 0 unspecified atom stereocenters. The molecule has 4 nitrogen and oxygen atoms in total. The van der Waals surface area contributed by atoms with Crippen LogP contribution in [0, 0.1) is 0 Å². The van der Waals surface area contributed by atoms with E-state index in [-0.39, 0.29) is 5.91 Å². The fourth-order valence-electron chi connectivity index (χ4n) is 1.46. The quantitative estimate of drug-likeness (QED) is 0.828. The van der Waals surface area contributed by atoms with Crippen LogP contribution in [0.5, 0.6) is 0 Å². The molecule has 0 atom stereocenters. The van der Waals surface area contributed by atoms with Gasteiger partial charge in [0, 0.05) is 31.4 Å². The van der Waals surface area contributed by atoms with Crippen LogP contribution in [0.1, 0.15) is 16.1 Å². The highest BCUT2D eigenvalue weighted by Gasteiger charge is 2.12. The van der Waals surface area contributed by atoms with Crippen LogP contribution in [0.15, 0.2) is 35.4 Å². The van der Waals surface area contributed by atoms with Crippen molar-refractivity contribution in [1.29, 1.82) is 0 Å². The standard InChI is InChI=1S/C12H13N3OS/c1-15(12(16)11-8-17-9-14-11)7-4-10-2-5-13-6-3-10/h2-3,5-6,8-9H,4,7H2,1H3. The second-order valence-electron chi connectivity index (χ2n) is 3.71. The van der Waals surface area contributed by atoms with Gasteiger partial charge < -0.3 is 4.90 Å². The lowest BCUT2D eigenvalue weighted by atomic mass is 10.2. The van der Waals surface area contributed by atoms with Crippen molar-refractivity contribution >= 4 is 17.2 Å². The normalized spacial score (nSPS) is 10.2. The molecule has 0 aliphatic heterocycles. The van der Waals surface area contributed by atoms with Gasteiger partial charge >= 0.3 is 0 Å². The van der Waals surface area contributed by atoms with Gasteiger partial charge in [0.05, 0.1) is 5.51 Å². The van der Waals surface area contributed by atoms with Crippen molar-refractivity contribution in [2.75, 3.05) is 13.6 Å². The molecule has 0 N–H and O–H groups in total. The molecule has 88 valence electrons. The lowest BCUT2D eigenvalue weighted by molar-refractivity contribution is 0.0791. The van der Waals surface area contributed by atoms with Crippen LogP contribution in [0.2, 0.25) is 0 Å². The van der Waals surface area contributed by atoms with E-state index in [2.05, 4.69) is 9.97 Å². The maximum Gasteiger partial charge on any atom is 0.273 e. The lowest BCUT2D eigenvalue weighted by Gasteiger charge is -2.15. The second kappa shape index (κ2) is 5.54. The molecule has 0 bridgehead atoms. The molecule has 2 rings (SSSR count). The van der Waals surface area contributed by atoms with Crippen LogP contribution in [0.3, 0.4) is 0 Å². The van der Waals surface area contributed by atoms with Gasteiger partial charge in [0.1, 0.15) is 5.69 Å². The molecule has 2 heterocycles. The summed E-state index contributed by atoms with van der Waals surface area (Å²) in [6.45, 7) is 0.681. The molecule has 0 radical (unpaired) electrons. The second-order valence-corrected chi connectivity index (χ2v) is 4.42. The summed E-state index contributed by atoms with van der Waals surface area (Å²) in [5.74, 6) is -0.0275. The minimum Gasteiger partial charge on any atom is -0.340 e. The van der Waals surface area contributed by atoms with E-state index >= 15 is 0 Å². The minimum atomic E-state index is -0.0275. The Bertz CT molecular complexity index is 470. The van der Waals surface area contributed by atoms with E-state index in [9.17, 15) is 4.79 Å². The van der Waals surface area contributed by atoms with E-state index in [1.165, 1.54) is 16.9 Å². The summed E-state index contributed by atoms with van der Waals surface area (Å²) in [6.07, 6.45) is 4.35. The van der Waals surface area contributed by atoms with Gasteiger partial charge in [-0.25, -0.2) is 4.98 Å². The fourth-order valence-corrected chi connectivity index (χ4v) is 1.99. The topological polar surface area (TPSA) is 46.1 Å². The van der Waals surface area contributed by atoms with E-state index in [0.717, 1.165) is 6.42 Å². The van der Waals surface area contributed by atoms with Crippen molar-refractivity contribution < 1.29 is 4.79 Å². The molecule has 0 aromatic carbocycles. The summed E-state index contributed by atoms with van der Waals surface area (Å²) >= 11 is 1.43. The zero-order valence-corrected chi connectivity index (χ0v) is 10.4. The third kappa shape index (κ3) is 3.10. The van der Waals surface area contributed by atoms with E-state index in [1.54, 1.807) is 35.2 Å². The van der Waals surface area contributed by atoms with Crippen molar-refractivity contribution in [2.45, 2.75) is 6.42 Å². The first-order valence-corrected chi connectivity index (χ1v) is 6.24. The number of pyridine rings is 1. The number of hydrogen-bond donors (Lipinski definition) is 0. The zero-order valence-electron chi connectivity index (χ0n) is 9.54. The number of amides is 1. The van der Waals surface area contributed by atoms with Gasteiger partial charge in [-0.05, 0) is 24.1 Å². The van der Waals surface area contributed by atoms with Crippen molar-refractivity contribution in [3.05, 3.63) is 46.7 Å². The number of aromatic nitrogens is 2. The van der Waals surface area contributed by atoms with Crippen molar-refractivity contribution in [3.63, 3.8) is 0 Å². The Morgan fingerprint density at radius 1 is 1.41 bits per heavy atom. The molecule has 0 aliphatic rings. The average molecular weight is 247 g/mol. The molecule has 0 spiro atoms. The average Bonchev–Trinajstić information content (AvgIpc) is 2.90. The first-order chi connectivity index (χ1) is 8.27. The Morgan fingerprint density at radius 3 is 2.82 bits per heavy atom. The van der Waals surface area contributed by atoms with Crippen LogP contribution < -0.4 is 0 Å². The summed E-state index contributed by atoms with van der Waals surface area (Å²) in [5.41, 5.74) is 3.37. The molecule has 0 aliphatic carbocycles. The predicted molar refractivity (Wildman–Crippen MR) is 67.0 cm³/mol. The summed E-state index contributed by atoms with van der Waals surface area (Å²) in [4.78, 5) is 21.5. The summed E-state index contributed by atoms with van der Waals surface area (Å²) in [6, 6.07) is 3.92. The van der Waals surface area contributed by atoms with Gasteiger partial charge in [-0.15, -0.1) is 11.3 Å². The minimum absolute atomic E-state index is 0.0275. The molecule has 2 aromatic rings. The lowest BCUT2D eigenvalue weighted by Crippen LogP contribution is -2.29. The fraction of sp³-hybridized carbons (Fsp3) is 0.250. The number of rotatable bonds is 4. The van der Waals surface area contributed by atoms with Gasteiger partial charge in [0.15, 0.2) is 0 Å². The monoisotopic (exact) mass is 247 g/mol. The maximum atomic E-state index is 11.9. The largest absolute Gasteiger partial charge is 0.340 e. The number of nitrogens with zero attached hydrogens (tertiary/aromatic N) is 3. The molecular weight excluding hydrogens is 234 g/mol. The van der Waals surface area contributed by atoms with E-state index < -0.39 is 0 Å². The Morgan fingerprint density at radius 2 is 2.18 bits per heavy atom. The summed E-state index contributed by atoms with van der Waals surface area (Å²) < 4.78 is 0. The van der Waals surface area contributed by atoms with E-state index in [0.29, 0.717) is 12.2 Å². The Balaban J connectivity index is 1.90. The van der Waals surface area contributed by atoms with Crippen LogP contribution in [-0.4, -0.2) is 34.4 Å². The number of hydrogen-bond acceptors (Lipinski definition) is 4. The van der Waals surface area contributed by atoms with Crippen LogP contribution in [-0.2, 0) is 6.42 Å². The molecule has 0 saturated carbocycles. The SMILES string of the molecule is CN(CCc1ccncc1)C(=O)c1cscn1. The summed E-state index contributed by atoms with van der Waals surface area (Å²) in [5, 5.41) is 1.77. The Hall–Kier alpha value is -1.75. The first kappa shape index (κ1) is 11.7. The van der Waals surface area contributed by atoms with Gasteiger partial charge in [-0.2, -0.15) is 0 Å². The van der Waals surface area contributed by atoms with Crippen molar-refractivity contribution in [1.82, 2.24) is 14.9 Å². The number of carbonyl (C=O) groups excluding carboxylic acids is 1. The molecule has 0 saturated heterocycles. The highest BCUT2D eigenvalue weighted by molar-refractivity contribution is 7.07. The van der Waals surface area contributed by atoms with Crippen molar-refractivity contribution in [2.24, 2.45) is 0 Å². The Kier molecular flexibility index (Phi) is 3.82. The maximum absolute atomic E-state index is 11.9. The third-order valence-corrected chi connectivity index (χ3v) is 3.07. The molecule has 2 aromatic heterocycles. The third-order valence-electron chi connectivity index (χ3n) is 2.48. The predicted octanol–water partition coefficient (Wildman–Crippen LogP) is 1.85. The van der Waals surface area contributed by atoms with Crippen LogP contribution >= 0.6 is 11.3 Å². The van der Waals surface area contributed by atoms with Crippen LogP contribution in [0.25, 0.3) is 0 Å². The molecule has 0 fully saturated rings. The first-order valence-electron chi connectivity index (χ1n) is 5.30. The van der Waals surface area contributed by atoms with Crippen molar-refractivity contribution in [3.8, 4) is 0 Å². The number of thiazole rings is 1. The van der Waals surface area contributed by atoms with Gasteiger partial charge in [-0.1, -0.05) is 0 Å². The number of carbonyl (C=O) groups is 1. The zero-order chi connectivity index (χ0) is 12.1. The number of likely N-dealkylation sites (N-methyl/N-ethyl adjacent to an activating group) is 1. The van der Waals surface area contributed by atoms with E-state index in [4.69, 9.17) is 0 Å². The van der Waals surface area contributed by atoms with Gasteiger partial charge in [0.25, 0.3) is 5.91 Å². The van der Waals surface area contributed by atoms with E-state index in [1.807, 2.05) is 12.1 Å².